The maximum atomic E-state index is 12.9. The Balaban J connectivity index is 1.74. The van der Waals surface area contributed by atoms with Crippen molar-refractivity contribution < 1.29 is 13.9 Å². The van der Waals surface area contributed by atoms with Gasteiger partial charge in [-0.15, -0.1) is 0 Å². The number of benzene rings is 2. The number of aromatic nitrogens is 1. The van der Waals surface area contributed by atoms with Crippen LogP contribution in [0.4, 0.5) is 5.69 Å². The molecule has 0 saturated carbocycles. The molecule has 0 aliphatic carbocycles. The third-order valence-corrected chi connectivity index (χ3v) is 4.24. The van der Waals surface area contributed by atoms with Gasteiger partial charge in [0.2, 0.25) is 0 Å². The highest BCUT2D eigenvalue weighted by molar-refractivity contribution is 6.09. The van der Waals surface area contributed by atoms with E-state index < -0.39 is 0 Å². The molecule has 0 spiro atoms. The molecule has 0 saturated heterocycles. The average molecular weight is 346 g/mol. The van der Waals surface area contributed by atoms with Gasteiger partial charge in [-0.05, 0) is 25.1 Å². The van der Waals surface area contributed by atoms with E-state index in [0.29, 0.717) is 24.5 Å². The number of nitrogens with one attached hydrogen (secondary N) is 1. The third kappa shape index (κ3) is 2.93. The predicted molar refractivity (Wildman–Crippen MR) is 101 cm³/mol. The molecule has 0 bridgehead atoms. The molecule has 0 fully saturated rings. The second-order valence-electron chi connectivity index (χ2n) is 5.88. The Bertz CT molecular complexity index is 1080. The van der Waals surface area contributed by atoms with E-state index in [1.807, 2.05) is 61.5 Å². The van der Waals surface area contributed by atoms with Crippen LogP contribution in [0.15, 0.2) is 65.2 Å². The summed E-state index contributed by atoms with van der Waals surface area (Å²) in [7, 11) is 0. The molecular weight excluding hydrogens is 328 g/mol. The topological polar surface area (TPSA) is 64.4 Å². The summed E-state index contributed by atoms with van der Waals surface area (Å²) in [4.78, 5) is 17.3. The fourth-order valence-corrected chi connectivity index (χ4v) is 3.01. The number of nitrogens with zero attached hydrogens (tertiary/aromatic N) is 1. The van der Waals surface area contributed by atoms with Crippen molar-refractivity contribution in [2.75, 3.05) is 11.9 Å². The first-order chi connectivity index (χ1) is 12.8. The minimum Gasteiger partial charge on any atom is -0.451 e. The molecule has 0 aliphatic heterocycles. The van der Waals surface area contributed by atoms with Crippen molar-refractivity contribution in [3.63, 3.8) is 0 Å². The van der Waals surface area contributed by atoms with E-state index in [1.54, 1.807) is 6.20 Å². The zero-order chi connectivity index (χ0) is 17.9. The van der Waals surface area contributed by atoms with Gasteiger partial charge in [0.05, 0.1) is 17.8 Å². The number of furan rings is 1. The number of anilines is 1. The summed E-state index contributed by atoms with van der Waals surface area (Å²) < 4.78 is 11.4. The summed E-state index contributed by atoms with van der Waals surface area (Å²) in [5, 5.41) is 4.78. The van der Waals surface area contributed by atoms with Gasteiger partial charge in [0.25, 0.3) is 5.91 Å². The second-order valence-corrected chi connectivity index (χ2v) is 5.88. The fraction of sp³-hybridized carbons (Fsp3) is 0.143. The third-order valence-electron chi connectivity index (χ3n) is 4.24. The molecule has 26 heavy (non-hydrogen) atoms. The van der Waals surface area contributed by atoms with Crippen molar-refractivity contribution in [3.8, 4) is 0 Å². The largest absolute Gasteiger partial charge is 0.451 e. The van der Waals surface area contributed by atoms with Crippen LogP contribution in [-0.4, -0.2) is 17.5 Å². The average Bonchev–Trinajstić information content (AvgIpc) is 3.05. The van der Waals surface area contributed by atoms with Crippen LogP contribution < -0.4 is 5.32 Å². The van der Waals surface area contributed by atoms with Crippen LogP contribution in [0.5, 0.6) is 0 Å². The van der Waals surface area contributed by atoms with E-state index >= 15 is 0 Å². The lowest BCUT2D eigenvalue weighted by Crippen LogP contribution is -2.14. The maximum absolute atomic E-state index is 12.9. The smallest absolute Gasteiger partial charge is 0.291 e. The Morgan fingerprint density at radius 2 is 1.96 bits per heavy atom. The molecule has 2 aromatic carbocycles. The first kappa shape index (κ1) is 16.3. The van der Waals surface area contributed by atoms with Crippen molar-refractivity contribution in [1.82, 2.24) is 4.98 Å². The fourth-order valence-electron chi connectivity index (χ4n) is 3.01. The molecule has 1 N–H and O–H groups in total. The summed E-state index contributed by atoms with van der Waals surface area (Å²) in [6.07, 6.45) is 1.71. The SMILES string of the molecule is CCOCc1c(C(=O)Nc2cccc3cccnc23)oc2ccccc12. The lowest BCUT2D eigenvalue weighted by molar-refractivity contribution is 0.0984. The van der Waals surface area contributed by atoms with Gasteiger partial charge < -0.3 is 14.5 Å². The molecule has 0 radical (unpaired) electrons. The summed E-state index contributed by atoms with van der Waals surface area (Å²) in [5.41, 5.74) is 2.82. The number of amides is 1. The van der Waals surface area contributed by atoms with Crippen molar-refractivity contribution >= 4 is 33.5 Å². The molecule has 5 heteroatoms. The number of ether oxygens (including phenoxy) is 1. The van der Waals surface area contributed by atoms with E-state index in [4.69, 9.17) is 9.15 Å². The highest BCUT2D eigenvalue weighted by atomic mass is 16.5. The Morgan fingerprint density at radius 3 is 2.85 bits per heavy atom. The number of pyridine rings is 1. The molecule has 0 unspecified atom stereocenters. The Kier molecular flexibility index (Phi) is 4.37. The van der Waals surface area contributed by atoms with E-state index in [-0.39, 0.29) is 11.7 Å². The predicted octanol–water partition coefficient (Wildman–Crippen LogP) is 4.77. The van der Waals surface area contributed by atoms with Crippen LogP contribution in [-0.2, 0) is 11.3 Å². The van der Waals surface area contributed by atoms with Gasteiger partial charge in [-0.25, -0.2) is 0 Å². The van der Waals surface area contributed by atoms with Gasteiger partial charge in [0, 0.05) is 29.1 Å². The Morgan fingerprint density at radius 1 is 1.12 bits per heavy atom. The lowest BCUT2D eigenvalue weighted by Gasteiger charge is -2.08. The van der Waals surface area contributed by atoms with Crippen LogP contribution in [0.2, 0.25) is 0 Å². The lowest BCUT2D eigenvalue weighted by atomic mass is 10.1. The molecular formula is C21H18N2O3. The van der Waals surface area contributed by atoms with Gasteiger partial charge in [0.1, 0.15) is 5.58 Å². The van der Waals surface area contributed by atoms with Gasteiger partial charge >= 0.3 is 0 Å². The Hall–Kier alpha value is -3.18. The normalized spacial score (nSPS) is 11.1. The number of carbonyl (C=O) groups excluding carboxylic acids is 1. The zero-order valence-corrected chi connectivity index (χ0v) is 14.4. The Labute approximate surface area is 150 Å². The highest BCUT2D eigenvalue weighted by Gasteiger charge is 2.21. The first-order valence-electron chi connectivity index (χ1n) is 8.51. The van der Waals surface area contributed by atoms with E-state index in [1.165, 1.54) is 0 Å². The molecule has 2 aromatic heterocycles. The first-order valence-corrected chi connectivity index (χ1v) is 8.51. The van der Waals surface area contributed by atoms with Crippen molar-refractivity contribution in [1.29, 1.82) is 0 Å². The molecule has 130 valence electrons. The van der Waals surface area contributed by atoms with Crippen LogP contribution in [0.3, 0.4) is 0 Å². The number of hydrogen-bond donors (Lipinski definition) is 1. The molecule has 5 nitrogen and oxygen atoms in total. The number of hydrogen-bond acceptors (Lipinski definition) is 4. The molecule has 4 rings (SSSR count). The minimum atomic E-state index is -0.311. The van der Waals surface area contributed by atoms with Gasteiger partial charge in [-0.2, -0.15) is 0 Å². The minimum absolute atomic E-state index is 0.271. The molecule has 4 aromatic rings. The summed E-state index contributed by atoms with van der Waals surface area (Å²) in [6.45, 7) is 2.81. The van der Waals surface area contributed by atoms with Crippen molar-refractivity contribution in [2.45, 2.75) is 13.5 Å². The van der Waals surface area contributed by atoms with Crippen LogP contribution >= 0.6 is 0 Å². The van der Waals surface area contributed by atoms with Gasteiger partial charge in [0.15, 0.2) is 5.76 Å². The highest BCUT2D eigenvalue weighted by Crippen LogP contribution is 2.28. The molecule has 1 amide bonds. The van der Waals surface area contributed by atoms with Crippen molar-refractivity contribution in [3.05, 3.63) is 72.1 Å². The van der Waals surface area contributed by atoms with E-state index in [2.05, 4.69) is 10.3 Å². The standard InChI is InChI=1S/C21H18N2O3/c1-2-25-13-16-15-9-3-4-11-18(15)26-20(16)21(24)23-17-10-5-7-14-8-6-12-22-19(14)17/h3-12H,2,13H2,1H3,(H,23,24). The van der Waals surface area contributed by atoms with Gasteiger partial charge in [-0.1, -0.05) is 36.4 Å². The summed E-state index contributed by atoms with van der Waals surface area (Å²) in [5.74, 6) is -0.0401. The van der Waals surface area contributed by atoms with E-state index in [0.717, 1.165) is 21.9 Å². The maximum Gasteiger partial charge on any atom is 0.291 e. The van der Waals surface area contributed by atoms with Crippen LogP contribution in [0, 0.1) is 0 Å². The number of carbonyl (C=O) groups is 1. The van der Waals surface area contributed by atoms with E-state index in [9.17, 15) is 4.79 Å². The number of rotatable bonds is 5. The van der Waals surface area contributed by atoms with Crippen LogP contribution in [0.25, 0.3) is 21.9 Å². The van der Waals surface area contributed by atoms with Gasteiger partial charge in [-0.3, -0.25) is 9.78 Å². The number of fused-ring (bicyclic) bond motifs is 2. The van der Waals surface area contributed by atoms with Crippen molar-refractivity contribution in [2.24, 2.45) is 0 Å². The second kappa shape index (κ2) is 6.98. The monoisotopic (exact) mass is 346 g/mol. The van der Waals surface area contributed by atoms with Crippen LogP contribution in [0.1, 0.15) is 23.0 Å². The zero-order valence-electron chi connectivity index (χ0n) is 14.4. The quantitative estimate of drug-likeness (QED) is 0.565. The number of para-hydroxylation sites is 2. The molecule has 0 atom stereocenters. The summed E-state index contributed by atoms with van der Waals surface area (Å²) >= 11 is 0. The molecule has 2 heterocycles. The summed E-state index contributed by atoms with van der Waals surface area (Å²) in [6, 6.07) is 17.1. The molecule has 0 aliphatic rings.